The Hall–Kier alpha value is -3.43. The standard InChI is InChI=1S/C27H35ClN8O/c1-17(2)14-35(4)27-33-25(30-22-11-12-36(16-22)15-19-6-9-21(28)10-7-19)32-26(34-27)31-23-13-20(24(29)37)8-5-18(23)3/h5-10,13,17,22H,11-12,14-16H2,1-4H3,(H2,29,37)(H2,30,31,32,33,34)/t22-/m0/s1. The molecule has 9 nitrogen and oxygen atoms in total. The number of halogens is 1. The molecule has 1 aliphatic heterocycles. The molecule has 1 saturated heterocycles. The summed E-state index contributed by atoms with van der Waals surface area (Å²) in [6, 6.07) is 13.5. The third-order valence-corrected chi connectivity index (χ3v) is 6.55. The van der Waals surface area contributed by atoms with E-state index in [1.165, 1.54) is 5.56 Å². The first-order valence-electron chi connectivity index (χ1n) is 12.5. The summed E-state index contributed by atoms with van der Waals surface area (Å²) in [5.41, 5.74) is 8.82. The van der Waals surface area contributed by atoms with Crippen molar-refractivity contribution in [3.8, 4) is 0 Å². The lowest BCUT2D eigenvalue weighted by Crippen LogP contribution is -2.28. The summed E-state index contributed by atoms with van der Waals surface area (Å²) in [5, 5.41) is 7.54. The van der Waals surface area contributed by atoms with Gasteiger partial charge in [-0.2, -0.15) is 15.0 Å². The van der Waals surface area contributed by atoms with Gasteiger partial charge in [0.25, 0.3) is 0 Å². The molecule has 37 heavy (non-hydrogen) atoms. The van der Waals surface area contributed by atoms with Gasteiger partial charge in [0, 0.05) is 55.5 Å². The van der Waals surface area contributed by atoms with Crippen LogP contribution >= 0.6 is 11.6 Å². The number of anilines is 4. The van der Waals surface area contributed by atoms with Gasteiger partial charge < -0.3 is 21.3 Å². The van der Waals surface area contributed by atoms with Crippen molar-refractivity contribution < 1.29 is 4.79 Å². The van der Waals surface area contributed by atoms with Crippen LogP contribution in [0.3, 0.4) is 0 Å². The number of carbonyl (C=O) groups excluding carboxylic acids is 1. The number of benzene rings is 2. The summed E-state index contributed by atoms with van der Waals surface area (Å²) >= 11 is 6.03. The molecule has 1 amide bonds. The molecule has 2 heterocycles. The number of amides is 1. The first-order valence-corrected chi connectivity index (χ1v) is 12.9. The molecule has 0 aliphatic carbocycles. The average Bonchev–Trinajstić information content (AvgIpc) is 3.27. The van der Waals surface area contributed by atoms with Crippen LogP contribution in [0.2, 0.25) is 5.02 Å². The smallest absolute Gasteiger partial charge is 0.248 e. The number of likely N-dealkylation sites (tertiary alicyclic amines) is 1. The highest BCUT2D eigenvalue weighted by Gasteiger charge is 2.24. The van der Waals surface area contributed by atoms with Crippen molar-refractivity contribution in [2.45, 2.75) is 39.8 Å². The van der Waals surface area contributed by atoms with Crippen LogP contribution in [-0.4, -0.2) is 58.5 Å². The number of aromatic nitrogens is 3. The molecule has 0 bridgehead atoms. The van der Waals surface area contributed by atoms with Gasteiger partial charge >= 0.3 is 0 Å². The lowest BCUT2D eigenvalue weighted by atomic mass is 10.1. The molecule has 1 aromatic heterocycles. The second-order valence-electron chi connectivity index (χ2n) is 10.1. The van der Waals surface area contributed by atoms with Crippen molar-refractivity contribution >= 4 is 41.0 Å². The second kappa shape index (κ2) is 11.7. The van der Waals surface area contributed by atoms with Gasteiger partial charge in [-0.15, -0.1) is 0 Å². The predicted octanol–water partition coefficient (Wildman–Crippen LogP) is 4.45. The third kappa shape index (κ3) is 7.30. The number of carbonyl (C=O) groups is 1. The van der Waals surface area contributed by atoms with E-state index in [0.717, 1.165) is 48.9 Å². The van der Waals surface area contributed by atoms with Crippen molar-refractivity contribution in [1.29, 1.82) is 0 Å². The number of nitrogens with zero attached hydrogens (tertiary/aromatic N) is 5. The molecular weight excluding hydrogens is 488 g/mol. The summed E-state index contributed by atoms with van der Waals surface area (Å²) in [6.45, 7) is 9.80. The molecule has 1 atom stereocenters. The van der Waals surface area contributed by atoms with Crippen LogP contribution in [0.25, 0.3) is 0 Å². The fourth-order valence-electron chi connectivity index (χ4n) is 4.44. The van der Waals surface area contributed by atoms with Crippen molar-refractivity contribution in [3.05, 3.63) is 64.2 Å². The van der Waals surface area contributed by atoms with E-state index in [4.69, 9.17) is 22.3 Å². The molecule has 0 saturated carbocycles. The monoisotopic (exact) mass is 522 g/mol. The van der Waals surface area contributed by atoms with Gasteiger partial charge in [-0.05, 0) is 54.7 Å². The largest absolute Gasteiger partial charge is 0.366 e. The van der Waals surface area contributed by atoms with Gasteiger partial charge in [-0.25, -0.2) is 0 Å². The molecule has 3 aromatic rings. The number of primary amides is 1. The van der Waals surface area contributed by atoms with Gasteiger partial charge in [-0.1, -0.05) is 43.6 Å². The molecule has 2 aromatic carbocycles. The second-order valence-corrected chi connectivity index (χ2v) is 10.5. The Balaban J connectivity index is 1.52. The van der Waals surface area contributed by atoms with Gasteiger partial charge in [0.15, 0.2) is 0 Å². The van der Waals surface area contributed by atoms with Crippen LogP contribution < -0.4 is 21.3 Å². The molecule has 0 radical (unpaired) electrons. The van der Waals surface area contributed by atoms with Crippen molar-refractivity contribution in [2.75, 3.05) is 42.2 Å². The first kappa shape index (κ1) is 26.6. The Morgan fingerprint density at radius 2 is 1.89 bits per heavy atom. The van der Waals surface area contributed by atoms with E-state index in [1.54, 1.807) is 12.1 Å². The lowest BCUT2D eigenvalue weighted by molar-refractivity contribution is 0.100. The molecule has 10 heteroatoms. The van der Waals surface area contributed by atoms with Crippen LogP contribution in [-0.2, 0) is 6.54 Å². The number of nitrogens with two attached hydrogens (primary N) is 1. The maximum Gasteiger partial charge on any atom is 0.248 e. The highest BCUT2D eigenvalue weighted by Crippen LogP contribution is 2.24. The zero-order chi connectivity index (χ0) is 26.5. The lowest BCUT2D eigenvalue weighted by Gasteiger charge is -2.22. The SMILES string of the molecule is Cc1ccc(C(N)=O)cc1Nc1nc(N[C@H]2CCN(Cc3ccc(Cl)cc3)C2)nc(N(C)CC(C)C)n1. The highest BCUT2D eigenvalue weighted by molar-refractivity contribution is 6.30. The number of hydrogen-bond donors (Lipinski definition) is 3. The minimum atomic E-state index is -0.484. The quantitative estimate of drug-likeness (QED) is 0.358. The third-order valence-electron chi connectivity index (χ3n) is 6.30. The van der Waals surface area contributed by atoms with E-state index in [0.29, 0.717) is 29.3 Å². The maximum absolute atomic E-state index is 11.7. The maximum atomic E-state index is 11.7. The van der Waals surface area contributed by atoms with E-state index < -0.39 is 5.91 Å². The Morgan fingerprint density at radius 1 is 1.16 bits per heavy atom. The minimum Gasteiger partial charge on any atom is -0.366 e. The predicted molar refractivity (Wildman–Crippen MR) is 150 cm³/mol. The van der Waals surface area contributed by atoms with Gasteiger partial charge in [-0.3, -0.25) is 9.69 Å². The van der Waals surface area contributed by atoms with E-state index >= 15 is 0 Å². The van der Waals surface area contributed by atoms with Crippen molar-refractivity contribution in [2.24, 2.45) is 11.7 Å². The van der Waals surface area contributed by atoms with Crippen LogP contribution in [0, 0.1) is 12.8 Å². The first-order chi connectivity index (χ1) is 17.7. The Kier molecular flexibility index (Phi) is 8.45. The number of aryl methyl sites for hydroxylation is 1. The molecular formula is C27H35ClN8O. The summed E-state index contributed by atoms with van der Waals surface area (Å²) in [7, 11) is 1.98. The minimum absolute atomic E-state index is 0.214. The molecule has 196 valence electrons. The number of nitrogens with one attached hydrogen (secondary N) is 2. The fourth-order valence-corrected chi connectivity index (χ4v) is 4.57. The zero-order valence-corrected chi connectivity index (χ0v) is 22.6. The van der Waals surface area contributed by atoms with Crippen LogP contribution in [0.15, 0.2) is 42.5 Å². The summed E-state index contributed by atoms with van der Waals surface area (Å²) < 4.78 is 0. The van der Waals surface area contributed by atoms with Crippen LogP contribution in [0.1, 0.15) is 41.8 Å². The summed E-state index contributed by atoms with van der Waals surface area (Å²) in [6.07, 6.45) is 0.985. The molecule has 4 rings (SSSR count). The summed E-state index contributed by atoms with van der Waals surface area (Å²) in [5.74, 6) is 1.46. The average molecular weight is 523 g/mol. The fraction of sp³-hybridized carbons (Fsp3) is 0.407. The van der Waals surface area contributed by atoms with Crippen molar-refractivity contribution in [1.82, 2.24) is 19.9 Å². The van der Waals surface area contributed by atoms with E-state index in [9.17, 15) is 4.79 Å². The van der Waals surface area contributed by atoms with Gasteiger partial charge in [0.05, 0.1) is 0 Å². The molecule has 1 aliphatic rings. The highest BCUT2D eigenvalue weighted by atomic mass is 35.5. The van der Waals surface area contributed by atoms with Crippen LogP contribution in [0.5, 0.6) is 0 Å². The molecule has 1 fully saturated rings. The van der Waals surface area contributed by atoms with Gasteiger partial charge in [0.2, 0.25) is 23.8 Å². The normalized spacial score (nSPS) is 15.7. The van der Waals surface area contributed by atoms with Crippen molar-refractivity contribution in [3.63, 3.8) is 0 Å². The van der Waals surface area contributed by atoms with E-state index in [-0.39, 0.29) is 6.04 Å². The number of hydrogen-bond acceptors (Lipinski definition) is 8. The Labute approximate surface area is 223 Å². The van der Waals surface area contributed by atoms with E-state index in [2.05, 4.69) is 51.5 Å². The Morgan fingerprint density at radius 3 is 2.59 bits per heavy atom. The molecule has 0 unspecified atom stereocenters. The molecule has 4 N–H and O–H groups in total. The topological polar surface area (TPSA) is 112 Å². The van der Waals surface area contributed by atoms with Crippen LogP contribution in [0.4, 0.5) is 23.5 Å². The molecule has 0 spiro atoms. The zero-order valence-electron chi connectivity index (χ0n) is 21.8. The number of rotatable bonds is 10. The van der Waals surface area contributed by atoms with Gasteiger partial charge in [0.1, 0.15) is 0 Å². The Bertz CT molecular complexity index is 1230. The summed E-state index contributed by atoms with van der Waals surface area (Å²) in [4.78, 5) is 30.2. The van der Waals surface area contributed by atoms with E-state index in [1.807, 2.05) is 37.1 Å².